The average Bonchev–Trinajstić information content (AvgIpc) is 2.49. The van der Waals surface area contributed by atoms with Crippen LogP contribution in [-0.2, 0) is 6.42 Å². The first kappa shape index (κ1) is 14.6. The van der Waals surface area contributed by atoms with Crippen LogP contribution in [0, 0.1) is 0 Å². The first-order valence-electron chi connectivity index (χ1n) is 6.56. The molecule has 0 aliphatic rings. The first-order chi connectivity index (χ1) is 9.63. The second kappa shape index (κ2) is 6.57. The minimum Gasteiger partial charge on any atom is -0.467 e. The fraction of sp³-hybridized carbons (Fsp3) is 0.333. The van der Waals surface area contributed by atoms with Crippen LogP contribution < -0.4 is 10.1 Å². The van der Waals surface area contributed by atoms with Gasteiger partial charge in [0.25, 0.3) is 0 Å². The molecule has 1 atom stereocenters. The molecule has 1 aromatic heterocycles. The predicted octanol–water partition coefficient (Wildman–Crippen LogP) is 3.87. The third-order valence-corrected chi connectivity index (χ3v) is 3.42. The molecule has 5 heteroatoms. The van der Waals surface area contributed by atoms with Crippen molar-refractivity contribution in [2.24, 2.45) is 0 Å². The van der Waals surface area contributed by atoms with Crippen molar-refractivity contribution in [2.75, 3.05) is 12.4 Å². The summed E-state index contributed by atoms with van der Waals surface area (Å²) in [5.74, 6) is 0.575. The Hall–Kier alpha value is -1.81. The summed E-state index contributed by atoms with van der Waals surface area (Å²) in [7, 11) is 1.53. The Kier molecular flexibility index (Phi) is 4.79. The molecule has 1 heterocycles. The molecule has 0 radical (unpaired) electrons. The number of hydrogen-bond acceptors (Lipinski definition) is 4. The number of nitrogens with zero attached hydrogens (tertiary/aromatic N) is 2. The number of methoxy groups -OCH3 is 1. The molecule has 0 fully saturated rings. The number of aryl methyl sites for hydroxylation is 1. The normalized spacial score (nSPS) is 12.0. The fourth-order valence-corrected chi connectivity index (χ4v) is 2.03. The highest BCUT2D eigenvalue weighted by Gasteiger charge is 2.10. The molecule has 2 rings (SSSR count). The van der Waals surface area contributed by atoms with Crippen molar-refractivity contribution in [1.82, 2.24) is 9.97 Å². The quantitative estimate of drug-likeness (QED) is 0.908. The molecule has 20 heavy (non-hydrogen) atoms. The molecular formula is C15H18ClN3O. The van der Waals surface area contributed by atoms with Crippen LogP contribution >= 0.6 is 11.6 Å². The SMILES string of the molecule is CCc1ccc(C(C)Nc2nc(OC)ncc2Cl)cc1. The van der Waals surface area contributed by atoms with Crippen molar-refractivity contribution in [3.8, 4) is 6.01 Å². The molecule has 0 saturated carbocycles. The molecule has 1 aromatic carbocycles. The topological polar surface area (TPSA) is 47.0 Å². The number of hydrogen-bond donors (Lipinski definition) is 1. The highest BCUT2D eigenvalue weighted by molar-refractivity contribution is 6.32. The van der Waals surface area contributed by atoms with E-state index >= 15 is 0 Å². The van der Waals surface area contributed by atoms with Gasteiger partial charge in [0.2, 0.25) is 0 Å². The van der Waals surface area contributed by atoms with Crippen LogP contribution in [0.4, 0.5) is 5.82 Å². The Morgan fingerprint density at radius 3 is 2.60 bits per heavy atom. The average molecular weight is 292 g/mol. The molecular weight excluding hydrogens is 274 g/mol. The summed E-state index contributed by atoms with van der Waals surface area (Å²) in [5.41, 5.74) is 2.50. The van der Waals surface area contributed by atoms with Gasteiger partial charge in [-0.15, -0.1) is 0 Å². The van der Waals surface area contributed by atoms with Crippen molar-refractivity contribution in [3.05, 3.63) is 46.6 Å². The van der Waals surface area contributed by atoms with Gasteiger partial charge in [-0.05, 0) is 24.5 Å². The van der Waals surface area contributed by atoms with E-state index in [1.165, 1.54) is 24.4 Å². The fourth-order valence-electron chi connectivity index (χ4n) is 1.88. The summed E-state index contributed by atoms with van der Waals surface area (Å²) in [6.45, 7) is 4.20. The van der Waals surface area contributed by atoms with Crippen LogP contribution in [-0.4, -0.2) is 17.1 Å². The lowest BCUT2D eigenvalue weighted by molar-refractivity contribution is 0.380. The maximum Gasteiger partial charge on any atom is 0.318 e. The van der Waals surface area contributed by atoms with Gasteiger partial charge in [-0.1, -0.05) is 42.8 Å². The second-order valence-electron chi connectivity index (χ2n) is 4.51. The minimum atomic E-state index is 0.0954. The third-order valence-electron chi connectivity index (χ3n) is 3.15. The molecule has 0 spiro atoms. The Morgan fingerprint density at radius 1 is 1.30 bits per heavy atom. The van der Waals surface area contributed by atoms with Crippen LogP contribution in [0.15, 0.2) is 30.5 Å². The van der Waals surface area contributed by atoms with E-state index in [2.05, 4.69) is 53.4 Å². The number of benzene rings is 1. The van der Waals surface area contributed by atoms with Crippen molar-refractivity contribution in [1.29, 1.82) is 0 Å². The van der Waals surface area contributed by atoms with E-state index in [1.54, 1.807) is 0 Å². The maximum atomic E-state index is 6.09. The molecule has 0 saturated heterocycles. The van der Waals surface area contributed by atoms with E-state index in [0.717, 1.165) is 6.42 Å². The van der Waals surface area contributed by atoms with Crippen LogP contribution in [0.2, 0.25) is 5.02 Å². The van der Waals surface area contributed by atoms with Gasteiger partial charge in [-0.25, -0.2) is 4.98 Å². The maximum absolute atomic E-state index is 6.09. The van der Waals surface area contributed by atoms with E-state index in [1.807, 2.05) is 0 Å². The lowest BCUT2D eigenvalue weighted by Crippen LogP contribution is -2.09. The van der Waals surface area contributed by atoms with Gasteiger partial charge in [0.05, 0.1) is 13.3 Å². The van der Waals surface area contributed by atoms with Gasteiger partial charge in [0, 0.05) is 6.04 Å². The van der Waals surface area contributed by atoms with Crippen LogP contribution in [0.1, 0.15) is 31.0 Å². The van der Waals surface area contributed by atoms with E-state index in [-0.39, 0.29) is 6.04 Å². The summed E-state index contributed by atoms with van der Waals surface area (Å²) in [6.07, 6.45) is 2.57. The summed E-state index contributed by atoms with van der Waals surface area (Å²) in [4.78, 5) is 8.17. The smallest absolute Gasteiger partial charge is 0.318 e. The Balaban J connectivity index is 2.15. The van der Waals surface area contributed by atoms with Crippen molar-refractivity contribution in [3.63, 3.8) is 0 Å². The van der Waals surface area contributed by atoms with Crippen LogP contribution in [0.3, 0.4) is 0 Å². The zero-order valence-corrected chi connectivity index (χ0v) is 12.6. The molecule has 0 bridgehead atoms. The molecule has 1 unspecified atom stereocenters. The highest BCUT2D eigenvalue weighted by Crippen LogP contribution is 2.25. The molecule has 1 N–H and O–H groups in total. The van der Waals surface area contributed by atoms with Crippen molar-refractivity contribution in [2.45, 2.75) is 26.3 Å². The molecule has 0 aliphatic carbocycles. The minimum absolute atomic E-state index is 0.0954. The van der Waals surface area contributed by atoms with Crippen molar-refractivity contribution < 1.29 is 4.74 Å². The number of rotatable bonds is 5. The summed E-state index contributed by atoms with van der Waals surface area (Å²) >= 11 is 6.09. The Morgan fingerprint density at radius 2 is 2.00 bits per heavy atom. The number of ether oxygens (including phenoxy) is 1. The second-order valence-corrected chi connectivity index (χ2v) is 4.92. The largest absolute Gasteiger partial charge is 0.467 e. The van der Waals surface area contributed by atoms with E-state index in [9.17, 15) is 0 Å². The van der Waals surface area contributed by atoms with E-state index < -0.39 is 0 Å². The number of halogens is 1. The number of aromatic nitrogens is 2. The van der Waals surface area contributed by atoms with Gasteiger partial charge in [0.15, 0.2) is 5.82 Å². The molecule has 0 aliphatic heterocycles. The lowest BCUT2D eigenvalue weighted by Gasteiger charge is -2.16. The monoisotopic (exact) mass is 291 g/mol. The zero-order chi connectivity index (χ0) is 14.5. The van der Waals surface area contributed by atoms with Gasteiger partial charge in [0.1, 0.15) is 5.02 Å². The van der Waals surface area contributed by atoms with Gasteiger partial charge in [-0.3, -0.25) is 0 Å². The Labute approximate surface area is 124 Å². The highest BCUT2D eigenvalue weighted by atomic mass is 35.5. The predicted molar refractivity (Wildman–Crippen MR) is 81.5 cm³/mol. The number of anilines is 1. The summed E-state index contributed by atoms with van der Waals surface area (Å²) in [6, 6.07) is 8.89. The van der Waals surface area contributed by atoms with E-state index in [0.29, 0.717) is 16.9 Å². The molecule has 2 aromatic rings. The van der Waals surface area contributed by atoms with E-state index in [4.69, 9.17) is 16.3 Å². The van der Waals surface area contributed by atoms with Gasteiger partial charge < -0.3 is 10.1 Å². The zero-order valence-electron chi connectivity index (χ0n) is 11.9. The summed E-state index contributed by atoms with van der Waals surface area (Å²) < 4.78 is 5.01. The van der Waals surface area contributed by atoms with Crippen LogP contribution in [0.5, 0.6) is 6.01 Å². The van der Waals surface area contributed by atoms with Crippen molar-refractivity contribution >= 4 is 17.4 Å². The Bertz CT molecular complexity index is 572. The molecule has 106 valence electrons. The summed E-state index contributed by atoms with van der Waals surface area (Å²) in [5, 5.41) is 3.75. The molecule has 4 nitrogen and oxygen atoms in total. The first-order valence-corrected chi connectivity index (χ1v) is 6.93. The standard InChI is InChI=1S/C15H18ClN3O/c1-4-11-5-7-12(8-6-11)10(2)18-14-13(16)9-17-15(19-14)20-3/h5-10H,4H2,1-3H3,(H,17,18,19). The van der Waals surface area contributed by atoms with Crippen LogP contribution in [0.25, 0.3) is 0 Å². The molecule has 0 amide bonds. The van der Waals surface area contributed by atoms with Gasteiger partial charge >= 0.3 is 6.01 Å². The number of nitrogens with one attached hydrogen (secondary N) is 1. The third kappa shape index (κ3) is 3.39. The lowest BCUT2D eigenvalue weighted by atomic mass is 10.1. The van der Waals surface area contributed by atoms with Gasteiger partial charge in [-0.2, -0.15) is 4.98 Å².